The van der Waals surface area contributed by atoms with Crippen LogP contribution in [0.25, 0.3) is 11.1 Å². The van der Waals surface area contributed by atoms with E-state index in [9.17, 15) is 9.18 Å². The second kappa shape index (κ2) is 7.76. The lowest BCUT2D eigenvalue weighted by Crippen LogP contribution is -2.32. The molecule has 0 spiro atoms. The molecule has 2 N–H and O–H groups in total. The molecule has 5 nitrogen and oxygen atoms in total. The predicted octanol–water partition coefficient (Wildman–Crippen LogP) is 3.77. The van der Waals surface area contributed by atoms with Gasteiger partial charge in [-0.3, -0.25) is 4.79 Å². The second-order valence-corrected chi connectivity index (χ2v) is 6.94. The summed E-state index contributed by atoms with van der Waals surface area (Å²) in [7, 11) is 0. The maximum absolute atomic E-state index is 13.3. The number of aromatic nitrogens is 2. The molecule has 2 aromatic carbocycles. The Bertz CT molecular complexity index is 976. The Labute approximate surface area is 163 Å². The minimum absolute atomic E-state index is 0.0657. The number of anilines is 1. The van der Waals surface area contributed by atoms with E-state index in [1.54, 1.807) is 18.3 Å². The van der Waals surface area contributed by atoms with E-state index in [0.717, 1.165) is 35.2 Å². The summed E-state index contributed by atoms with van der Waals surface area (Å²) in [5.74, 6) is -0.0682. The highest BCUT2D eigenvalue weighted by Gasteiger charge is 2.33. The molecule has 0 bridgehead atoms. The highest BCUT2D eigenvalue weighted by Crippen LogP contribution is 2.37. The number of amides is 1. The van der Waals surface area contributed by atoms with E-state index >= 15 is 0 Å². The van der Waals surface area contributed by atoms with Crippen LogP contribution in [0.4, 0.5) is 10.3 Å². The van der Waals surface area contributed by atoms with Gasteiger partial charge in [0.05, 0.1) is 18.2 Å². The van der Waals surface area contributed by atoms with Crippen LogP contribution < -0.4 is 5.73 Å². The first-order valence-corrected chi connectivity index (χ1v) is 9.33. The molecule has 0 radical (unpaired) electrons. The van der Waals surface area contributed by atoms with Gasteiger partial charge in [-0.1, -0.05) is 42.5 Å². The van der Waals surface area contributed by atoms with Gasteiger partial charge in [0.25, 0.3) is 0 Å². The number of nitrogens with zero attached hydrogens (tertiary/aromatic N) is 3. The normalized spacial score (nSPS) is 16.3. The highest BCUT2D eigenvalue weighted by atomic mass is 19.1. The molecule has 0 unspecified atom stereocenters. The molecule has 28 heavy (non-hydrogen) atoms. The van der Waals surface area contributed by atoms with E-state index in [2.05, 4.69) is 9.97 Å². The molecule has 1 aromatic heterocycles. The van der Waals surface area contributed by atoms with E-state index in [0.29, 0.717) is 13.0 Å². The third kappa shape index (κ3) is 3.71. The zero-order chi connectivity index (χ0) is 19.5. The number of likely N-dealkylation sites (tertiary alicyclic amines) is 1. The quantitative estimate of drug-likeness (QED) is 0.752. The Hall–Kier alpha value is -3.28. The van der Waals surface area contributed by atoms with Crippen molar-refractivity contribution in [1.29, 1.82) is 0 Å². The largest absolute Gasteiger partial charge is 0.368 e. The average molecular weight is 376 g/mol. The van der Waals surface area contributed by atoms with Crippen LogP contribution in [0, 0.1) is 5.82 Å². The van der Waals surface area contributed by atoms with Crippen LogP contribution in [0.5, 0.6) is 0 Å². The molecule has 1 saturated heterocycles. The SMILES string of the molecule is Nc1ncc(-c2ccc(F)cc2)c([C@@H]2CCCN2C(=O)Cc2ccccc2)n1. The Morgan fingerprint density at radius 1 is 1.14 bits per heavy atom. The van der Waals surface area contributed by atoms with Crippen LogP contribution in [-0.2, 0) is 11.2 Å². The summed E-state index contributed by atoms with van der Waals surface area (Å²) in [5.41, 5.74) is 9.14. The molecule has 3 aromatic rings. The second-order valence-electron chi connectivity index (χ2n) is 6.94. The van der Waals surface area contributed by atoms with Crippen molar-refractivity contribution in [2.24, 2.45) is 0 Å². The molecule has 6 heteroatoms. The molecule has 1 aliphatic rings. The molecule has 1 atom stereocenters. The molecular weight excluding hydrogens is 355 g/mol. The summed E-state index contributed by atoms with van der Waals surface area (Å²) in [6.45, 7) is 0.684. The first kappa shape index (κ1) is 18.1. The smallest absolute Gasteiger partial charge is 0.227 e. The van der Waals surface area contributed by atoms with Crippen LogP contribution in [-0.4, -0.2) is 27.3 Å². The minimum Gasteiger partial charge on any atom is -0.368 e. The predicted molar refractivity (Wildman–Crippen MR) is 106 cm³/mol. The van der Waals surface area contributed by atoms with Gasteiger partial charge in [0.2, 0.25) is 11.9 Å². The maximum Gasteiger partial charge on any atom is 0.227 e. The Morgan fingerprint density at radius 2 is 1.89 bits per heavy atom. The van der Waals surface area contributed by atoms with E-state index in [1.165, 1.54) is 12.1 Å². The number of benzene rings is 2. The van der Waals surface area contributed by atoms with Gasteiger partial charge in [0, 0.05) is 18.3 Å². The summed E-state index contributed by atoms with van der Waals surface area (Å²) >= 11 is 0. The van der Waals surface area contributed by atoms with Gasteiger partial charge in [-0.15, -0.1) is 0 Å². The molecule has 1 fully saturated rings. The number of carbonyl (C=O) groups is 1. The standard InChI is InChI=1S/C22H21FN4O/c23-17-10-8-16(9-11-17)18-14-25-22(24)26-21(18)19-7-4-12-27(19)20(28)13-15-5-2-1-3-6-15/h1-3,5-6,8-11,14,19H,4,7,12-13H2,(H2,24,25,26)/t19-/m0/s1. The highest BCUT2D eigenvalue weighted by molar-refractivity contribution is 5.80. The molecule has 1 amide bonds. The zero-order valence-corrected chi connectivity index (χ0v) is 15.4. The van der Waals surface area contributed by atoms with Gasteiger partial charge in [-0.05, 0) is 36.1 Å². The van der Waals surface area contributed by atoms with E-state index in [1.807, 2.05) is 35.2 Å². The van der Waals surface area contributed by atoms with Crippen LogP contribution >= 0.6 is 0 Å². The summed E-state index contributed by atoms with van der Waals surface area (Å²) in [5, 5.41) is 0. The van der Waals surface area contributed by atoms with E-state index in [-0.39, 0.29) is 23.7 Å². The van der Waals surface area contributed by atoms with Crippen molar-refractivity contribution in [2.75, 3.05) is 12.3 Å². The number of hydrogen-bond donors (Lipinski definition) is 1. The molecule has 0 saturated carbocycles. The van der Waals surface area contributed by atoms with Gasteiger partial charge in [0.15, 0.2) is 0 Å². The van der Waals surface area contributed by atoms with E-state index in [4.69, 9.17) is 5.73 Å². The lowest BCUT2D eigenvalue weighted by atomic mass is 9.99. The van der Waals surface area contributed by atoms with Gasteiger partial charge < -0.3 is 10.6 Å². The van der Waals surface area contributed by atoms with Crippen LogP contribution in [0.2, 0.25) is 0 Å². The number of nitrogens with two attached hydrogens (primary N) is 1. The third-order valence-electron chi connectivity index (χ3n) is 5.08. The molecular formula is C22H21FN4O. The summed E-state index contributed by atoms with van der Waals surface area (Å²) in [6, 6.07) is 15.7. The Morgan fingerprint density at radius 3 is 2.64 bits per heavy atom. The molecule has 0 aliphatic carbocycles. The van der Waals surface area contributed by atoms with Crippen molar-refractivity contribution in [3.8, 4) is 11.1 Å². The summed E-state index contributed by atoms with van der Waals surface area (Å²) in [6.07, 6.45) is 3.72. The Kier molecular flexibility index (Phi) is 5.02. The lowest BCUT2D eigenvalue weighted by Gasteiger charge is -2.26. The van der Waals surface area contributed by atoms with Crippen LogP contribution in [0.3, 0.4) is 0 Å². The number of rotatable bonds is 4. The fourth-order valence-electron chi connectivity index (χ4n) is 3.74. The van der Waals surface area contributed by atoms with Crippen molar-refractivity contribution in [3.63, 3.8) is 0 Å². The van der Waals surface area contributed by atoms with Crippen molar-refractivity contribution >= 4 is 11.9 Å². The molecule has 142 valence electrons. The number of carbonyl (C=O) groups excluding carboxylic acids is 1. The summed E-state index contributed by atoms with van der Waals surface area (Å²) in [4.78, 5) is 23.4. The molecule has 2 heterocycles. The van der Waals surface area contributed by atoms with E-state index < -0.39 is 0 Å². The van der Waals surface area contributed by atoms with Gasteiger partial charge in [-0.25, -0.2) is 14.4 Å². The van der Waals surface area contributed by atoms with Gasteiger partial charge in [0.1, 0.15) is 5.82 Å². The topological polar surface area (TPSA) is 72.1 Å². The van der Waals surface area contributed by atoms with Gasteiger partial charge in [-0.2, -0.15) is 0 Å². The third-order valence-corrected chi connectivity index (χ3v) is 5.08. The van der Waals surface area contributed by atoms with Crippen LogP contribution in [0.1, 0.15) is 30.1 Å². The summed E-state index contributed by atoms with van der Waals surface area (Å²) < 4.78 is 13.3. The maximum atomic E-state index is 13.3. The number of hydrogen-bond acceptors (Lipinski definition) is 4. The number of nitrogen functional groups attached to an aromatic ring is 1. The average Bonchev–Trinajstić information content (AvgIpc) is 3.19. The fourth-order valence-corrected chi connectivity index (χ4v) is 3.74. The lowest BCUT2D eigenvalue weighted by molar-refractivity contribution is -0.131. The van der Waals surface area contributed by atoms with Gasteiger partial charge >= 0.3 is 0 Å². The van der Waals surface area contributed by atoms with Crippen molar-refractivity contribution in [1.82, 2.24) is 14.9 Å². The number of halogens is 1. The zero-order valence-electron chi connectivity index (χ0n) is 15.4. The fraction of sp³-hybridized carbons (Fsp3) is 0.227. The van der Waals surface area contributed by atoms with Crippen molar-refractivity contribution in [2.45, 2.75) is 25.3 Å². The van der Waals surface area contributed by atoms with Crippen molar-refractivity contribution < 1.29 is 9.18 Å². The molecule has 1 aliphatic heterocycles. The first-order chi connectivity index (χ1) is 13.6. The van der Waals surface area contributed by atoms with Crippen molar-refractivity contribution in [3.05, 3.63) is 77.9 Å². The molecule has 4 rings (SSSR count). The minimum atomic E-state index is -0.304. The Balaban J connectivity index is 1.66. The first-order valence-electron chi connectivity index (χ1n) is 9.33. The van der Waals surface area contributed by atoms with Crippen LogP contribution in [0.15, 0.2) is 60.8 Å². The monoisotopic (exact) mass is 376 g/mol.